The molecule has 0 unspecified atom stereocenters. The lowest BCUT2D eigenvalue weighted by Gasteiger charge is -2.11. The fourth-order valence-electron chi connectivity index (χ4n) is 2.71. The van der Waals surface area contributed by atoms with Gasteiger partial charge in [0.2, 0.25) is 0 Å². The number of thiazole rings is 1. The molecule has 25 heavy (non-hydrogen) atoms. The summed E-state index contributed by atoms with van der Waals surface area (Å²) in [5.74, 6) is 1.85. The molecule has 0 aliphatic carbocycles. The number of hydrogen-bond acceptors (Lipinski definition) is 4. The Kier molecular flexibility index (Phi) is 7.95. The molecule has 1 aromatic carbocycles. The Balaban J connectivity index is 0.00000225. The van der Waals surface area contributed by atoms with Crippen LogP contribution in [-0.4, -0.2) is 31.1 Å². The highest BCUT2D eigenvalue weighted by atomic mass is 127. The van der Waals surface area contributed by atoms with Gasteiger partial charge in [0.25, 0.3) is 0 Å². The number of guanidine groups is 1. The maximum Gasteiger partial charge on any atom is 0.191 e. The Labute approximate surface area is 170 Å². The van der Waals surface area contributed by atoms with Crippen LogP contribution >= 0.6 is 35.3 Å². The van der Waals surface area contributed by atoms with Gasteiger partial charge in [0.05, 0.1) is 23.9 Å². The molecule has 0 saturated heterocycles. The zero-order valence-electron chi connectivity index (χ0n) is 14.7. The number of hydrogen-bond donors (Lipinski definition) is 2. The van der Waals surface area contributed by atoms with Gasteiger partial charge in [0, 0.05) is 25.4 Å². The van der Waals surface area contributed by atoms with E-state index in [1.165, 1.54) is 16.1 Å². The number of benzene rings is 1. The van der Waals surface area contributed by atoms with E-state index >= 15 is 0 Å². The molecular formula is C18H25IN4OS. The molecule has 0 fully saturated rings. The van der Waals surface area contributed by atoms with Gasteiger partial charge in [-0.15, -0.1) is 35.3 Å². The fraction of sp³-hybridized carbons (Fsp3) is 0.444. The lowest BCUT2D eigenvalue weighted by atomic mass is 10.1. The van der Waals surface area contributed by atoms with Crippen LogP contribution in [-0.2, 0) is 25.8 Å². The van der Waals surface area contributed by atoms with E-state index in [0.29, 0.717) is 6.54 Å². The van der Waals surface area contributed by atoms with Gasteiger partial charge in [-0.2, -0.15) is 0 Å². The van der Waals surface area contributed by atoms with Gasteiger partial charge in [-0.05, 0) is 30.0 Å². The monoisotopic (exact) mass is 472 g/mol. The van der Waals surface area contributed by atoms with E-state index in [9.17, 15) is 0 Å². The predicted octanol–water partition coefficient (Wildman–Crippen LogP) is 3.17. The molecule has 0 radical (unpaired) electrons. The van der Waals surface area contributed by atoms with E-state index in [1.807, 2.05) is 0 Å². The SMILES string of the molecule is CCc1nc(CNC(=NC)NCCc2ccc3c(c2)CCO3)cs1.I. The van der Waals surface area contributed by atoms with Crippen LogP contribution in [0.15, 0.2) is 28.6 Å². The number of nitrogens with one attached hydrogen (secondary N) is 2. The molecule has 0 atom stereocenters. The van der Waals surface area contributed by atoms with Crippen molar-refractivity contribution in [2.45, 2.75) is 32.7 Å². The Bertz CT molecular complexity index is 717. The van der Waals surface area contributed by atoms with E-state index in [1.54, 1.807) is 18.4 Å². The van der Waals surface area contributed by atoms with Crippen molar-refractivity contribution in [2.24, 2.45) is 4.99 Å². The van der Waals surface area contributed by atoms with Gasteiger partial charge >= 0.3 is 0 Å². The molecule has 0 amide bonds. The number of halogens is 1. The molecule has 5 nitrogen and oxygen atoms in total. The van der Waals surface area contributed by atoms with Gasteiger partial charge in [-0.25, -0.2) is 4.98 Å². The van der Waals surface area contributed by atoms with E-state index < -0.39 is 0 Å². The highest BCUT2D eigenvalue weighted by molar-refractivity contribution is 14.0. The average molecular weight is 472 g/mol. The first kappa shape index (κ1) is 20.0. The summed E-state index contributed by atoms with van der Waals surface area (Å²) in [5, 5.41) is 9.95. The second kappa shape index (κ2) is 9.96. The van der Waals surface area contributed by atoms with E-state index in [0.717, 1.165) is 49.8 Å². The van der Waals surface area contributed by atoms with Crippen molar-refractivity contribution < 1.29 is 4.74 Å². The molecule has 0 bridgehead atoms. The van der Waals surface area contributed by atoms with Gasteiger partial charge in [-0.3, -0.25) is 4.99 Å². The molecule has 136 valence electrons. The molecule has 0 saturated carbocycles. The van der Waals surface area contributed by atoms with Crippen molar-refractivity contribution in [1.82, 2.24) is 15.6 Å². The zero-order valence-corrected chi connectivity index (χ0v) is 17.8. The molecule has 2 aromatic rings. The third-order valence-electron chi connectivity index (χ3n) is 4.02. The molecule has 1 aliphatic heterocycles. The van der Waals surface area contributed by atoms with E-state index in [-0.39, 0.29) is 24.0 Å². The first-order valence-corrected chi connectivity index (χ1v) is 9.29. The third-order valence-corrected chi connectivity index (χ3v) is 5.06. The fourth-order valence-corrected chi connectivity index (χ4v) is 3.45. The number of nitrogens with zero attached hydrogens (tertiary/aromatic N) is 2. The third kappa shape index (κ3) is 5.57. The standard InChI is InChI=1S/C18H24N4OS.HI/c1-3-17-22-15(12-24-17)11-21-18(19-2)20-8-6-13-4-5-16-14(10-13)7-9-23-16;/h4-5,10,12H,3,6-9,11H2,1-2H3,(H2,19,20,21);1H. The minimum absolute atomic E-state index is 0. The number of aromatic nitrogens is 1. The lowest BCUT2D eigenvalue weighted by Crippen LogP contribution is -2.37. The summed E-state index contributed by atoms with van der Waals surface area (Å²) in [6, 6.07) is 6.48. The Morgan fingerprint density at radius 2 is 2.24 bits per heavy atom. The van der Waals surface area contributed by atoms with Crippen LogP contribution in [0.4, 0.5) is 0 Å². The first-order chi connectivity index (χ1) is 11.8. The van der Waals surface area contributed by atoms with Crippen molar-refractivity contribution in [3.05, 3.63) is 45.4 Å². The van der Waals surface area contributed by atoms with Crippen molar-refractivity contribution in [3.8, 4) is 5.75 Å². The van der Waals surface area contributed by atoms with E-state index in [4.69, 9.17) is 4.74 Å². The maximum atomic E-state index is 5.55. The zero-order chi connectivity index (χ0) is 16.8. The van der Waals surface area contributed by atoms with Crippen LogP contribution in [0.2, 0.25) is 0 Å². The van der Waals surface area contributed by atoms with Crippen LogP contribution in [0.5, 0.6) is 5.75 Å². The minimum atomic E-state index is 0. The Morgan fingerprint density at radius 1 is 1.36 bits per heavy atom. The smallest absolute Gasteiger partial charge is 0.191 e. The summed E-state index contributed by atoms with van der Waals surface area (Å²) in [7, 11) is 1.79. The van der Waals surface area contributed by atoms with Crippen LogP contribution in [0.25, 0.3) is 0 Å². The van der Waals surface area contributed by atoms with E-state index in [2.05, 4.69) is 51.1 Å². The molecule has 3 rings (SSSR count). The van der Waals surface area contributed by atoms with Crippen molar-refractivity contribution >= 4 is 41.3 Å². The van der Waals surface area contributed by atoms with Crippen molar-refractivity contribution in [2.75, 3.05) is 20.2 Å². The number of fused-ring (bicyclic) bond motifs is 1. The largest absolute Gasteiger partial charge is 0.493 e. The van der Waals surface area contributed by atoms with Crippen LogP contribution in [0.1, 0.15) is 28.8 Å². The number of ether oxygens (including phenoxy) is 1. The quantitative estimate of drug-likeness (QED) is 0.385. The molecule has 2 heterocycles. The topological polar surface area (TPSA) is 58.5 Å². The summed E-state index contributed by atoms with van der Waals surface area (Å²) in [6.45, 7) is 4.48. The van der Waals surface area contributed by atoms with Crippen LogP contribution in [0, 0.1) is 0 Å². The predicted molar refractivity (Wildman–Crippen MR) is 114 cm³/mol. The minimum Gasteiger partial charge on any atom is -0.493 e. The summed E-state index contributed by atoms with van der Waals surface area (Å²) in [4.78, 5) is 8.83. The molecule has 0 spiro atoms. The van der Waals surface area contributed by atoms with Gasteiger partial charge < -0.3 is 15.4 Å². The summed E-state index contributed by atoms with van der Waals surface area (Å²) in [6.07, 6.45) is 2.97. The molecule has 1 aliphatic rings. The normalized spacial score (nSPS) is 13.0. The maximum absolute atomic E-state index is 5.55. The van der Waals surface area contributed by atoms with Gasteiger partial charge in [-0.1, -0.05) is 19.1 Å². The lowest BCUT2D eigenvalue weighted by molar-refractivity contribution is 0.357. The summed E-state index contributed by atoms with van der Waals surface area (Å²) < 4.78 is 5.55. The molecule has 2 N–H and O–H groups in total. The second-order valence-electron chi connectivity index (χ2n) is 5.73. The van der Waals surface area contributed by atoms with Gasteiger partial charge in [0.1, 0.15) is 5.75 Å². The second-order valence-corrected chi connectivity index (χ2v) is 6.67. The van der Waals surface area contributed by atoms with Crippen LogP contribution in [0.3, 0.4) is 0 Å². The van der Waals surface area contributed by atoms with Crippen molar-refractivity contribution in [1.29, 1.82) is 0 Å². The molecule has 7 heteroatoms. The Hall–Kier alpha value is -1.35. The number of rotatable bonds is 6. The van der Waals surface area contributed by atoms with Gasteiger partial charge in [0.15, 0.2) is 5.96 Å². The number of aliphatic imine (C=N–C) groups is 1. The number of aryl methyl sites for hydroxylation is 1. The van der Waals surface area contributed by atoms with Crippen molar-refractivity contribution in [3.63, 3.8) is 0 Å². The highest BCUT2D eigenvalue weighted by Gasteiger charge is 2.11. The first-order valence-electron chi connectivity index (χ1n) is 8.41. The highest BCUT2D eigenvalue weighted by Crippen LogP contribution is 2.25. The molecule has 1 aromatic heterocycles. The summed E-state index contributed by atoms with van der Waals surface area (Å²) >= 11 is 1.71. The average Bonchev–Trinajstić information content (AvgIpc) is 3.26. The Morgan fingerprint density at radius 3 is 3.00 bits per heavy atom. The summed E-state index contributed by atoms with van der Waals surface area (Å²) in [5.41, 5.74) is 3.72. The molecular weight excluding hydrogens is 447 g/mol. The van der Waals surface area contributed by atoms with Crippen LogP contribution < -0.4 is 15.4 Å².